The van der Waals surface area contributed by atoms with E-state index in [1.165, 1.54) is 16.7 Å². The van der Waals surface area contributed by atoms with Crippen LogP contribution in [0.25, 0.3) is 0 Å². The third-order valence-corrected chi connectivity index (χ3v) is 4.42. The number of ether oxygens (including phenoxy) is 1. The zero-order chi connectivity index (χ0) is 17.8. The van der Waals surface area contributed by atoms with Crippen LogP contribution in [-0.4, -0.2) is 70.6 Å². The van der Waals surface area contributed by atoms with Gasteiger partial charge >= 0.3 is 6.09 Å². The predicted molar refractivity (Wildman–Crippen MR) is 90.1 cm³/mol. The van der Waals surface area contributed by atoms with Crippen LogP contribution in [-0.2, 0) is 14.3 Å². The third-order valence-electron chi connectivity index (χ3n) is 3.40. The van der Waals surface area contributed by atoms with Gasteiger partial charge in [-0.15, -0.1) is 11.8 Å². The molecule has 1 rings (SSSR count). The summed E-state index contributed by atoms with van der Waals surface area (Å²) >= 11 is 1.53. The van der Waals surface area contributed by atoms with Crippen LogP contribution in [0.5, 0.6) is 0 Å². The monoisotopic (exact) mass is 345 g/mol. The van der Waals surface area contributed by atoms with Crippen LogP contribution in [0.4, 0.5) is 4.79 Å². The molecule has 0 unspecified atom stereocenters. The van der Waals surface area contributed by atoms with Crippen molar-refractivity contribution in [1.82, 2.24) is 15.1 Å². The number of nitrogens with zero attached hydrogens (tertiary/aromatic N) is 2. The molecule has 2 atom stereocenters. The number of nitrogens with one attached hydrogen (secondary N) is 1. The SMILES string of the molecule is CCN(C)C(=O)[C@H]1CSCN1C(=O)[C@@H](C)NC(=O)OC(C)(C)C. The standard InChI is InChI=1S/C15H27N3O4S/c1-7-17(6)13(20)11-8-23-9-18(11)12(19)10(2)16-14(21)22-15(3,4)5/h10-11H,7-9H2,1-6H3,(H,16,21)/t10-,11-/m1/s1. The van der Waals surface area contributed by atoms with Gasteiger partial charge in [0.2, 0.25) is 11.8 Å². The van der Waals surface area contributed by atoms with Gasteiger partial charge in [-0.25, -0.2) is 4.79 Å². The fourth-order valence-corrected chi connectivity index (χ4v) is 3.22. The molecule has 1 saturated heterocycles. The molecule has 0 radical (unpaired) electrons. The number of carbonyl (C=O) groups excluding carboxylic acids is 3. The summed E-state index contributed by atoms with van der Waals surface area (Å²) in [5, 5.41) is 2.53. The van der Waals surface area contributed by atoms with E-state index in [0.717, 1.165) is 0 Å². The Morgan fingerprint density at radius 1 is 1.39 bits per heavy atom. The Hall–Kier alpha value is -1.44. The highest BCUT2D eigenvalue weighted by atomic mass is 32.2. The highest BCUT2D eigenvalue weighted by molar-refractivity contribution is 7.99. The quantitative estimate of drug-likeness (QED) is 0.830. The largest absolute Gasteiger partial charge is 0.444 e. The van der Waals surface area contributed by atoms with Crippen molar-refractivity contribution in [3.05, 3.63) is 0 Å². The maximum Gasteiger partial charge on any atom is 0.408 e. The lowest BCUT2D eigenvalue weighted by atomic mass is 10.2. The van der Waals surface area contributed by atoms with Gasteiger partial charge in [0.25, 0.3) is 0 Å². The summed E-state index contributed by atoms with van der Waals surface area (Å²) in [7, 11) is 1.72. The van der Waals surface area contributed by atoms with E-state index in [1.807, 2.05) is 6.92 Å². The molecule has 3 amide bonds. The first-order valence-corrected chi connectivity index (χ1v) is 8.85. The molecule has 0 bridgehead atoms. The number of alkyl carbamates (subject to hydrolysis) is 1. The highest BCUT2D eigenvalue weighted by Gasteiger charge is 2.38. The van der Waals surface area contributed by atoms with Crippen LogP contribution in [0.15, 0.2) is 0 Å². The van der Waals surface area contributed by atoms with Gasteiger partial charge < -0.3 is 19.9 Å². The van der Waals surface area contributed by atoms with Crippen molar-refractivity contribution in [2.24, 2.45) is 0 Å². The predicted octanol–water partition coefficient (Wildman–Crippen LogP) is 1.28. The number of hydrogen-bond acceptors (Lipinski definition) is 5. The van der Waals surface area contributed by atoms with Gasteiger partial charge in [-0.3, -0.25) is 9.59 Å². The Bertz CT molecular complexity index is 464. The lowest BCUT2D eigenvalue weighted by Crippen LogP contribution is -2.53. The minimum Gasteiger partial charge on any atom is -0.444 e. The molecule has 1 aliphatic heterocycles. The van der Waals surface area contributed by atoms with Gasteiger partial charge in [0.05, 0.1) is 5.88 Å². The van der Waals surface area contributed by atoms with Gasteiger partial charge in [0.1, 0.15) is 17.7 Å². The fourth-order valence-electron chi connectivity index (χ4n) is 2.07. The topological polar surface area (TPSA) is 79.0 Å². The Kier molecular flexibility index (Phi) is 6.73. The lowest BCUT2D eigenvalue weighted by molar-refractivity contribution is -0.143. The van der Waals surface area contributed by atoms with Crippen LogP contribution < -0.4 is 5.32 Å². The van der Waals surface area contributed by atoms with E-state index < -0.39 is 23.8 Å². The average molecular weight is 345 g/mol. The zero-order valence-corrected chi connectivity index (χ0v) is 15.5. The van der Waals surface area contributed by atoms with Crippen molar-refractivity contribution in [3.63, 3.8) is 0 Å². The van der Waals surface area contributed by atoms with E-state index in [2.05, 4.69) is 5.32 Å². The van der Waals surface area contributed by atoms with Crippen molar-refractivity contribution >= 4 is 29.7 Å². The molecule has 1 heterocycles. The number of likely N-dealkylation sites (N-methyl/N-ethyl adjacent to an activating group) is 1. The maximum atomic E-state index is 12.5. The molecule has 1 N–H and O–H groups in total. The molecule has 132 valence electrons. The first-order chi connectivity index (χ1) is 10.6. The summed E-state index contributed by atoms with van der Waals surface area (Å²) in [4.78, 5) is 39.8. The molecule has 8 heteroatoms. The fraction of sp³-hybridized carbons (Fsp3) is 0.800. The molecule has 1 fully saturated rings. The third kappa shape index (κ3) is 5.60. The Morgan fingerprint density at radius 2 is 2.00 bits per heavy atom. The smallest absolute Gasteiger partial charge is 0.408 e. The van der Waals surface area contributed by atoms with Crippen molar-refractivity contribution in [3.8, 4) is 0 Å². The summed E-state index contributed by atoms with van der Waals surface area (Å²) in [6, 6.07) is -1.22. The molecule has 1 aliphatic rings. The minimum atomic E-state index is -0.745. The van der Waals surface area contributed by atoms with Gasteiger partial charge in [0, 0.05) is 19.3 Å². The first kappa shape index (κ1) is 19.6. The number of hydrogen-bond donors (Lipinski definition) is 1. The van der Waals surface area contributed by atoms with E-state index in [1.54, 1.807) is 39.6 Å². The van der Waals surface area contributed by atoms with Crippen LogP contribution in [0, 0.1) is 0 Å². The van der Waals surface area contributed by atoms with E-state index in [-0.39, 0.29) is 11.8 Å². The molecule has 0 aromatic rings. The Morgan fingerprint density at radius 3 is 2.52 bits per heavy atom. The van der Waals surface area contributed by atoms with E-state index in [4.69, 9.17) is 4.74 Å². The normalized spacial score (nSPS) is 19.2. The average Bonchev–Trinajstić information content (AvgIpc) is 2.91. The number of thioether (sulfide) groups is 1. The second kappa shape index (κ2) is 7.90. The summed E-state index contributed by atoms with van der Waals surface area (Å²) in [6.07, 6.45) is -0.640. The zero-order valence-electron chi connectivity index (χ0n) is 14.7. The lowest BCUT2D eigenvalue weighted by Gasteiger charge is -2.29. The van der Waals surface area contributed by atoms with Crippen molar-refractivity contribution in [2.75, 3.05) is 25.2 Å². The molecule has 0 aromatic heterocycles. The first-order valence-electron chi connectivity index (χ1n) is 7.69. The second-order valence-electron chi connectivity index (χ2n) is 6.54. The van der Waals surface area contributed by atoms with E-state index in [9.17, 15) is 14.4 Å². The van der Waals surface area contributed by atoms with Gasteiger partial charge in [-0.2, -0.15) is 0 Å². The molecular formula is C15H27N3O4S. The van der Waals surface area contributed by atoms with Crippen molar-refractivity contribution < 1.29 is 19.1 Å². The Labute approximate surface area is 142 Å². The molecule has 0 aliphatic carbocycles. The summed E-state index contributed by atoms with van der Waals surface area (Å²) in [6.45, 7) is 9.34. The van der Waals surface area contributed by atoms with Crippen molar-refractivity contribution in [1.29, 1.82) is 0 Å². The summed E-state index contributed by atoms with van der Waals surface area (Å²) in [5.41, 5.74) is -0.626. The van der Waals surface area contributed by atoms with Crippen LogP contribution in [0.3, 0.4) is 0 Å². The number of rotatable bonds is 4. The summed E-state index contributed by atoms with van der Waals surface area (Å²) in [5.74, 6) is 0.681. The second-order valence-corrected chi connectivity index (χ2v) is 7.54. The molecule has 23 heavy (non-hydrogen) atoms. The van der Waals surface area contributed by atoms with E-state index >= 15 is 0 Å². The van der Waals surface area contributed by atoms with Crippen LogP contribution in [0.1, 0.15) is 34.6 Å². The summed E-state index contributed by atoms with van der Waals surface area (Å²) < 4.78 is 5.15. The molecule has 7 nitrogen and oxygen atoms in total. The highest BCUT2D eigenvalue weighted by Crippen LogP contribution is 2.23. The van der Waals surface area contributed by atoms with E-state index in [0.29, 0.717) is 18.2 Å². The van der Waals surface area contributed by atoms with Crippen molar-refractivity contribution in [2.45, 2.75) is 52.3 Å². The van der Waals surface area contributed by atoms with Crippen LogP contribution in [0.2, 0.25) is 0 Å². The molecule has 0 saturated carbocycles. The molecule has 0 aromatic carbocycles. The van der Waals surface area contributed by atoms with Gasteiger partial charge in [-0.1, -0.05) is 0 Å². The number of amides is 3. The number of carbonyl (C=O) groups is 3. The minimum absolute atomic E-state index is 0.0738. The van der Waals surface area contributed by atoms with Crippen LogP contribution >= 0.6 is 11.8 Å². The Balaban J connectivity index is 2.68. The molecular weight excluding hydrogens is 318 g/mol. The molecule has 0 spiro atoms. The van der Waals surface area contributed by atoms with Gasteiger partial charge in [0.15, 0.2) is 0 Å². The van der Waals surface area contributed by atoms with Gasteiger partial charge in [-0.05, 0) is 34.6 Å². The maximum absolute atomic E-state index is 12.5.